The van der Waals surface area contributed by atoms with Gasteiger partial charge in [0, 0.05) is 25.5 Å². The van der Waals surface area contributed by atoms with Crippen molar-refractivity contribution in [2.75, 3.05) is 13.1 Å². The molecule has 0 radical (unpaired) electrons. The van der Waals surface area contributed by atoms with E-state index in [2.05, 4.69) is 43.0 Å². The second kappa shape index (κ2) is 32.7. The van der Waals surface area contributed by atoms with E-state index in [9.17, 15) is 0 Å². The highest BCUT2D eigenvalue weighted by molar-refractivity contribution is 4.97. The van der Waals surface area contributed by atoms with Crippen LogP contribution >= 0.6 is 0 Å². The second-order valence-corrected chi connectivity index (χ2v) is 14.3. The van der Waals surface area contributed by atoms with Crippen LogP contribution in [0, 0.1) is 0 Å². The molecular weight excluding hydrogens is 520 g/mol. The quantitative estimate of drug-likeness (QED) is 0.0666. The van der Waals surface area contributed by atoms with Gasteiger partial charge in [-0.05, 0) is 25.7 Å². The Morgan fingerprint density at radius 1 is 0.302 bits per heavy atom. The van der Waals surface area contributed by atoms with Crippen LogP contribution < -0.4 is 0 Å². The number of hydrogen-bond donors (Lipinski definition) is 0. The zero-order chi connectivity index (χ0) is 30.9. The molecule has 2 nitrogen and oxygen atoms in total. The summed E-state index contributed by atoms with van der Waals surface area (Å²) in [5.41, 5.74) is 0. The lowest BCUT2D eigenvalue weighted by atomic mass is 10.0. The lowest BCUT2D eigenvalue weighted by molar-refractivity contribution is 0.135. The summed E-state index contributed by atoms with van der Waals surface area (Å²) in [4.78, 5) is 5.39. The predicted molar refractivity (Wildman–Crippen MR) is 196 cm³/mol. The van der Waals surface area contributed by atoms with E-state index in [1.54, 1.807) is 0 Å². The highest BCUT2D eigenvalue weighted by Gasteiger charge is 2.24. The smallest absolute Gasteiger partial charge is 0.101 e. The Morgan fingerprint density at radius 2 is 0.535 bits per heavy atom. The van der Waals surface area contributed by atoms with Crippen LogP contribution in [0.25, 0.3) is 0 Å². The molecule has 0 aromatic heterocycles. The second-order valence-electron chi connectivity index (χ2n) is 14.3. The van der Waals surface area contributed by atoms with Gasteiger partial charge in [-0.2, -0.15) is 0 Å². The molecule has 1 unspecified atom stereocenters. The van der Waals surface area contributed by atoms with Crippen molar-refractivity contribution in [3.8, 4) is 0 Å². The van der Waals surface area contributed by atoms with E-state index in [0.717, 1.165) is 0 Å². The van der Waals surface area contributed by atoms with Crippen molar-refractivity contribution in [1.82, 2.24) is 9.80 Å². The molecule has 1 aliphatic heterocycles. The molecule has 0 fully saturated rings. The molecule has 1 aliphatic rings. The molecule has 0 amide bonds. The number of rotatable bonds is 35. The highest BCUT2D eigenvalue weighted by Crippen LogP contribution is 2.24. The SMILES string of the molecule is CCCCCCCCCCCCCCCCCCCC1N(CCCCC)C=CN1CCCCCCCCCCCCCC. The van der Waals surface area contributed by atoms with Gasteiger partial charge in [-0.3, -0.25) is 0 Å². The average molecular weight is 603 g/mol. The van der Waals surface area contributed by atoms with Crippen LogP contribution in [-0.4, -0.2) is 29.1 Å². The minimum Gasteiger partial charge on any atom is -0.356 e. The van der Waals surface area contributed by atoms with Crippen LogP contribution in [0.4, 0.5) is 0 Å². The molecule has 256 valence electrons. The van der Waals surface area contributed by atoms with Crippen molar-refractivity contribution >= 4 is 0 Å². The molecule has 0 saturated heterocycles. The fourth-order valence-electron chi connectivity index (χ4n) is 7.07. The summed E-state index contributed by atoms with van der Waals surface area (Å²) >= 11 is 0. The van der Waals surface area contributed by atoms with Gasteiger partial charge in [-0.15, -0.1) is 0 Å². The van der Waals surface area contributed by atoms with Gasteiger partial charge in [0.15, 0.2) is 0 Å². The molecule has 43 heavy (non-hydrogen) atoms. The third-order valence-corrected chi connectivity index (χ3v) is 10.1. The maximum atomic E-state index is 2.70. The molecule has 1 atom stereocenters. The minimum atomic E-state index is 0.640. The van der Waals surface area contributed by atoms with Crippen LogP contribution in [-0.2, 0) is 0 Å². The summed E-state index contributed by atoms with van der Waals surface area (Å²) in [6, 6.07) is 0. The first-order chi connectivity index (χ1) is 21.3. The monoisotopic (exact) mass is 603 g/mol. The van der Waals surface area contributed by atoms with E-state index in [-0.39, 0.29) is 0 Å². The number of nitrogens with zero attached hydrogens (tertiary/aromatic N) is 2. The van der Waals surface area contributed by atoms with Gasteiger partial charge >= 0.3 is 0 Å². The Kier molecular flexibility index (Phi) is 30.7. The van der Waals surface area contributed by atoms with E-state index < -0.39 is 0 Å². The van der Waals surface area contributed by atoms with Gasteiger partial charge in [0.25, 0.3) is 0 Å². The van der Waals surface area contributed by atoms with Crippen LogP contribution in [0.2, 0.25) is 0 Å². The van der Waals surface area contributed by atoms with E-state index in [1.807, 2.05) is 0 Å². The van der Waals surface area contributed by atoms with Crippen molar-refractivity contribution < 1.29 is 0 Å². The van der Waals surface area contributed by atoms with Gasteiger partial charge in [0.05, 0.1) is 0 Å². The van der Waals surface area contributed by atoms with Crippen molar-refractivity contribution in [1.29, 1.82) is 0 Å². The normalized spacial score (nSPS) is 14.9. The fraction of sp³-hybridized carbons (Fsp3) is 0.951. The molecule has 2 heteroatoms. The molecule has 0 N–H and O–H groups in total. The van der Waals surface area contributed by atoms with Gasteiger partial charge < -0.3 is 9.80 Å². The Bertz CT molecular complexity index is 558. The summed E-state index contributed by atoms with van der Waals surface area (Å²) in [7, 11) is 0. The summed E-state index contributed by atoms with van der Waals surface area (Å²) in [5.74, 6) is 0. The average Bonchev–Trinajstić information content (AvgIpc) is 3.40. The highest BCUT2D eigenvalue weighted by atomic mass is 15.4. The molecule has 0 spiro atoms. The Morgan fingerprint density at radius 3 is 0.860 bits per heavy atom. The topological polar surface area (TPSA) is 6.48 Å². The van der Waals surface area contributed by atoms with Crippen molar-refractivity contribution in [3.63, 3.8) is 0 Å². The summed E-state index contributed by atoms with van der Waals surface area (Å²) < 4.78 is 0. The van der Waals surface area contributed by atoms with Gasteiger partial charge in [-0.25, -0.2) is 0 Å². The van der Waals surface area contributed by atoms with E-state index in [4.69, 9.17) is 0 Å². The van der Waals surface area contributed by atoms with Crippen molar-refractivity contribution in [2.24, 2.45) is 0 Å². The Balaban J connectivity index is 2.05. The number of hydrogen-bond acceptors (Lipinski definition) is 2. The summed E-state index contributed by atoms with van der Waals surface area (Å²) in [5, 5.41) is 0. The standard InChI is InChI=1S/C41H82N2/c1-4-7-10-12-14-16-18-20-21-22-23-24-25-27-29-31-33-36-41-42(37-34-9-6-3)39-40-43(41)38-35-32-30-28-26-19-17-15-13-11-8-5-2/h39-41H,4-38H2,1-3H3. The molecule has 1 heterocycles. The molecule has 0 aromatic carbocycles. The zero-order valence-corrected chi connectivity index (χ0v) is 30.4. The zero-order valence-electron chi connectivity index (χ0n) is 30.4. The molecule has 1 rings (SSSR count). The molecule has 0 aromatic rings. The van der Waals surface area contributed by atoms with Gasteiger partial charge in [0.2, 0.25) is 0 Å². The summed E-state index contributed by atoms with van der Waals surface area (Å²) in [6.45, 7) is 9.47. The fourth-order valence-corrected chi connectivity index (χ4v) is 7.07. The van der Waals surface area contributed by atoms with E-state index in [0.29, 0.717) is 6.17 Å². The summed E-state index contributed by atoms with van der Waals surface area (Å²) in [6.07, 6.45) is 53.0. The van der Waals surface area contributed by atoms with E-state index >= 15 is 0 Å². The minimum absolute atomic E-state index is 0.640. The largest absolute Gasteiger partial charge is 0.356 e. The predicted octanol–water partition coefficient (Wildman–Crippen LogP) is 14.3. The van der Waals surface area contributed by atoms with Crippen LogP contribution in [0.5, 0.6) is 0 Å². The Hall–Kier alpha value is -0.660. The maximum absolute atomic E-state index is 2.70. The van der Waals surface area contributed by atoms with Gasteiger partial charge in [-0.1, -0.05) is 207 Å². The third kappa shape index (κ3) is 25.2. The Labute approximate surface area is 273 Å². The first kappa shape index (κ1) is 40.4. The first-order valence-electron chi connectivity index (χ1n) is 20.5. The van der Waals surface area contributed by atoms with E-state index in [1.165, 1.54) is 225 Å². The van der Waals surface area contributed by atoms with Crippen molar-refractivity contribution in [3.05, 3.63) is 12.4 Å². The van der Waals surface area contributed by atoms with Crippen LogP contribution in [0.3, 0.4) is 0 Å². The third-order valence-electron chi connectivity index (χ3n) is 10.1. The molecule has 0 aliphatic carbocycles. The van der Waals surface area contributed by atoms with Crippen LogP contribution in [0.15, 0.2) is 12.4 Å². The molecular formula is C41H82N2. The van der Waals surface area contributed by atoms with Crippen molar-refractivity contribution in [2.45, 2.75) is 239 Å². The van der Waals surface area contributed by atoms with Gasteiger partial charge in [0.1, 0.15) is 6.17 Å². The first-order valence-corrected chi connectivity index (χ1v) is 20.5. The molecule has 0 saturated carbocycles. The van der Waals surface area contributed by atoms with Crippen LogP contribution in [0.1, 0.15) is 233 Å². The lowest BCUT2D eigenvalue weighted by Crippen LogP contribution is -2.39. The number of unbranched alkanes of at least 4 members (excludes halogenated alkanes) is 29. The maximum Gasteiger partial charge on any atom is 0.101 e. The lowest BCUT2D eigenvalue weighted by Gasteiger charge is -2.33. The molecule has 0 bridgehead atoms.